The number of imidazole rings is 1. The molecule has 0 atom stereocenters. The van der Waals surface area contributed by atoms with Gasteiger partial charge in [-0.3, -0.25) is 0 Å². The molecule has 0 spiro atoms. The van der Waals surface area contributed by atoms with Crippen LogP contribution in [0.5, 0.6) is 5.75 Å². The summed E-state index contributed by atoms with van der Waals surface area (Å²) in [4.78, 5) is 4.21. The first-order chi connectivity index (χ1) is 8.45. The van der Waals surface area contributed by atoms with E-state index < -0.39 is 11.6 Å². The normalized spacial score (nSPS) is 10.8. The van der Waals surface area contributed by atoms with Gasteiger partial charge in [0.1, 0.15) is 21.9 Å². The standard InChI is InChI=1S/C12H11BrF2N2O/c1-6-16-11(12(13)17(6)2)7-4-9(15)10(18-3)5-8(7)14/h4-5H,1-3H3. The number of nitrogens with zero attached hydrogens (tertiary/aromatic N) is 2. The Morgan fingerprint density at radius 3 is 2.44 bits per heavy atom. The molecular weight excluding hydrogens is 306 g/mol. The van der Waals surface area contributed by atoms with E-state index in [1.54, 1.807) is 18.5 Å². The molecule has 96 valence electrons. The van der Waals surface area contributed by atoms with E-state index in [2.05, 4.69) is 20.9 Å². The summed E-state index contributed by atoms with van der Waals surface area (Å²) in [5.74, 6) is -0.622. The number of aromatic nitrogens is 2. The molecule has 0 saturated carbocycles. The molecule has 0 aliphatic carbocycles. The van der Waals surface area contributed by atoms with Crippen LogP contribution in [0, 0.1) is 18.6 Å². The minimum atomic E-state index is -0.621. The van der Waals surface area contributed by atoms with Crippen LogP contribution in [-0.2, 0) is 7.05 Å². The van der Waals surface area contributed by atoms with Gasteiger partial charge in [0.15, 0.2) is 11.6 Å². The molecule has 1 aromatic carbocycles. The molecule has 2 rings (SSSR count). The fourth-order valence-corrected chi connectivity index (χ4v) is 2.18. The summed E-state index contributed by atoms with van der Waals surface area (Å²) in [6.07, 6.45) is 0. The van der Waals surface area contributed by atoms with Gasteiger partial charge in [0, 0.05) is 18.7 Å². The molecule has 0 N–H and O–H groups in total. The molecule has 0 unspecified atom stereocenters. The topological polar surface area (TPSA) is 27.1 Å². The molecule has 0 bridgehead atoms. The van der Waals surface area contributed by atoms with Crippen LogP contribution in [0.1, 0.15) is 5.82 Å². The van der Waals surface area contributed by atoms with Gasteiger partial charge in [-0.2, -0.15) is 0 Å². The Kier molecular flexibility index (Phi) is 3.38. The largest absolute Gasteiger partial charge is 0.494 e. The van der Waals surface area contributed by atoms with Crippen LogP contribution in [0.2, 0.25) is 0 Å². The predicted octanol–water partition coefficient (Wildman–Crippen LogP) is 3.44. The molecule has 1 aromatic heterocycles. The minimum absolute atomic E-state index is 0.101. The summed E-state index contributed by atoms with van der Waals surface area (Å²) >= 11 is 3.31. The highest BCUT2D eigenvalue weighted by molar-refractivity contribution is 9.10. The zero-order valence-corrected chi connectivity index (χ0v) is 11.7. The molecule has 6 heteroatoms. The fourth-order valence-electron chi connectivity index (χ4n) is 1.62. The van der Waals surface area contributed by atoms with Crippen molar-refractivity contribution < 1.29 is 13.5 Å². The smallest absolute Gasteiger partial charge is 0.165 e. The van der Waals surface area contributed by atoms with Crippen LogP contribution in [-0.4, -0.2) is 16.7 Å². The van der Waals surface area contributed by atoms with Gasteiger partial charge in [-0.05, 0) is 28.9 Å². The first kappa shape index (κ1) is 13.0. The van der Waals surface area contributed by atoms with E-state index >= 15 is 0 Å². The van der Waals surface area contributed by atoms with Gasteiger partial charge in [0.25, 0.3) is 0 Å². The average Bonchev–Trinajstić information content (AvgIpc) is 2.59. The molecular formula is C12H11BrF2N2O. The van der Waals surface area contributed by atoms with E-state index in [0.29, 0.717) is 16.1 Å². The summed E-state index contributed by atoms with van der Waals surface area (Å²) in [5.41, 5.74) is 0.470. The van der Waals surface area contributed by atoms with Crippen molar-refractivity contribution in [3.63, 3.8) is 0 Å². The van der Waals surface area contributed by atoms with Crippen LogP contribution in [0.3, 0.4) is 0 Å². The Hall–Kier alpha value is -1.43. The maximum Gasteiger partial charge on any atom is 0.165 e. The highest BCUT2D eigenvalue weighted by atomic mass is 79.9. The Morgan fingerprint density at radius 1 is 1.28 bits per heavy atom. The van der Waals surface area contributed by atoms with Gasteiger partial charge >= 0.3 is 0 Å². The number of hydrogen-bond donors (Lipinski definition) is 0. The molecule has 1 heterocycles. The molecule has 18 heavy (non-hydrogen) atoms. The van der Waals surface area contributed by atoms with Crippen molar-refractivity contribution in [3.8, 4) is 17.0 Å². The zero-order valence-electron chi connectivity index (χ0n) is 10.1. The Balaban J connectivity index is 2.64. The van der Waals surface area contributed by atoms with Crippen LogP contribution in [0.25, 0.3) is 11.3 Å². The number of ether oxygens (including phenoxy) is 1. The van der Waals surface area contributed by atoms with Crippen molar-refractivity contribution in [1.82, 2.24) is 9.55 Å². The second-order valence-electron chi connectivity index (χ2n) is 3.82. The molecule has 0 aliphatic rings. The summed E-state index contributed by atoms with van der Waals surface area (Å²) in [5, 5.41) is 0. The van der Waals surface area contributed by atoms with Gasteiger partial charge in [0.05, 0.1) is 7.11 Å². The Bertz CT molecular complexity index is 611. The number of methoxy groups -OCH3 is 1. The molecule has 0 aliphatic heterocycles. The van der Waals surface area contributed by atoms with Gasteiger partial charge in [-0.15, -0.1) is 0 Å². The van der Waals surface area contributed by atoms with Crippen molar-refractivity contribution in [2.24, 2.45) is 7.05 Å². The molecule has 3 nitrogen and oxygen atoms in total. The number of aryl methyl sites for hydroxylation is 1. The SMILES string of the molecule is COc1cc(F)c(-c2nc(C)n(C)c2Br)cc1F. The van der Waals surface area contributed by atoms with E-state index in [1.807, 2.05) is 0 Å². The second kappa shape index (κ2) is 4.68. The van der Waals surface area contributed by atoms with Crippen molar-refractivity contribution in [2.45, 2.75) is 6.92 Å². The highest BCUT2D eigenvalue weighted by Crippen LogP contribution is 2.33. The lowest BCUT2D eigenvalue weighted by Crippen LogP contribution is -1.94. The van der Waals surface area contributed by atoms with Gasteiger partial charge in [0.2, 0.25) is 0 Å². The van der Waals surface area contributed by atoms with Crippen molar-refractivity contribution in [2.75, 3.05) is 7.11 Å². The molecule has 0 saturated heterocycles. The van der Waals surface area contributed by atoms with Gasteiger partial charge in [-0.25, -0.2) is 13.8 Å². The third-order valence-electron chi connectivity index (χ3n) is 2.75. The first-order valence-electron chi connectivity index (χ1n) is 5.18. The first-order valence-corrected chi connectivity index (χ1v) is 5.97. The minimum Gasteiger partial charge on any atom is -0.494 e. The Morgan fingerprint density at radius 2 is 1.94 bits per heavy atom. The number of halogens is 3. The van der Waals surface area contributed by atoms with Crippen molar-refractivity contribution >= 4 is 15.9 Å². The van der Waals surface area contributed by atoms with Gasteiger partial charge < -0.3 is 9.30 Å². The van der Waals surface area contributed by atoms with Crippen molar-refractivity contribution in [3.05, 3.63) is 34.2 Å². The van der Waals surface area contributed by atoms with E-state index in [-0.39, 0.29) is 11.3 Å². The summed E-state index contributed by atoms with van der Waals surface area (Å²) in [7, 11) is 3.08. The summed E-state index contributed by atoms with van der Waals surface area (Å²) < 4.78 is 34.6. The zero-order chi connectivity index (χ0) is 13.4. The lowest BCUT2D eigenvalue weighted by molar-refractivity contribution is 0.383. The summed E-state index contributed by atoms with van der Waals surface area (Å²) in [6.45, 7) is 1.78. The van der Waals surface area contributed by atoms with E-state index in [1.165, 1.54) is 7.11 Å². The number of hydrogen-bond acceptors (Lipinski definition) is 2. The van der Waals surface area contributed by atoms with Crippen LogP contribution in [0.15, 0.2) is 16.7 Å². The lowest BCUT2D eigenvalue weighted by atomic mass is 10.1. The number of rotatable bonds is 2. The Labute approximate surface area is 112 Å². The van der Waals surface area contributed by atoms with Crippen LogP contribution >= 0.6 is 15.9 Å². The van der Waals surface area contributed by atoms with E-state index in [9.17, 15) is 8.78 Å². The lowest BCUT2D eigenvalue weighted by Gasteiger charge is -2.06. The maximum atomic E-state index is 13.9. The third-order valence-corrected chi connectivity index (χ3v) is 3.65. The summed E-state index contributed by atoms with van der Waals surface area (Å²) in [6, 6.07) is 2.10. The monoisotopic (exact) mass is 316 g/mol. The van der Waals surface area contributed by atoms with E-state index in [0.717, 1.165) is 12.1 Å². The van der Waals surface area contributed by atoms with Crippen molar-refractivity contribution in [1.29, 1.82) is 0 Å². The molecule has 0 radical (unpaired) electrons. The average molecular weight is 317 g/mol. The second-order valence-corrected chi connectivity index (χ2v) is 4.58. The van der Waals surface area contributed by atoms with Gasteiger partial charge in [-0.1, -0.05) is 0 Å². The predicted molar refractivity (Wildman–Crippen MR) is 67.5 cm³/mol. The fraction of sp³-hybridized carbons (Fsp3) is 0.250. The maximum absolute atomic E-state index is 13.9. The number of benzene rings is 1. The van der Waals surface area contributed by atoms with Crippen LogP contribution in [0.4, 0.5) is 8.78 Å². The van der Waals surface area contributed by atoms with Crippen LogP contribution < -0.4 is 4.74 Å². The molecule has 0 fully saturated rings. The quantitative estimate of drug-likeness (QED) is 0.848. The molecule has 2 aromatic rings. The van der Waals surface area contributed by atoms with E-state index in [4.69, 9.17) is 4.74 Å². The highest BCUT2D eigenvalue weighted by Gasteiger charge is 2.18. The third kappa shape index (κ3) is 2.01. The molecule has 0 amide bonds.